The maximum absolute atomic E-state index is 12.0. The number of aromatic nitrogens is 2. The molecule has 20 heavy (non-hydrogen) atoms. The van der Waals surface area contributed by atoms with Crippen LogP contribution in [0.4, 0.5) is 5.13 Å². The molecule has 7 heteroatoms. The zero-order valence-electron chi connectivity index (χ0n) is 11.0. The van der Waals surface area contributed by atoms with E-state index in [-0.39, 0.29) is 12.3 Å². The highest BCUT2D eigenvalue weighted by atomic mass is 32.1. The number of carboxylic acids is 1. The zero-order chi connectivity index (χ0) is 14.5. The summed E-state index contributed by atoms with van der Waals surface area (Å²) in [7, 11) is 1.80. The van der Waals surface area contributed by atoms with Crippen molar-refractivity contribution in [3.8, 4) is 0 Å². The van der Waals surface area contributed by atoms with Gasteiger partial charge in [0.05, 0.1) is 5.69 Å². The van der Waals surface area contributed by atoms with Gasteiger partial charge in [0.25, 0.3) is 5.91 Å². The monoisotopic (exact) mass is 293 g/mol. The van der Waals surface area contributed by atoms with E-state index >= 15 is 0 Å². The molecule has 0 atom stereocenters. The summed E-state index contributed by atoms with van der Waals surface area (Å²) in [5.74, 6) is -1.01. The van der Waals surface area contributed by atoms with Gasteiger partial charge in [0.1, 0.15) is 5.69 Å². The minimum absolute atomic E-state index is 0.128. The number of anilines is 1. The van der Waals surface area contributed by atoms with Gasteiger partial charge < -0.3 is 9.67 Å². The first-order chi connectivity index (χ1) is 9.56. The second kappa shape index (κ2) is 6.33. The van der Waals surface area contributed by atoms with E-state index in [1.54, 1.807) is 29.9 Å². The molecule has 2 aromatic rings. The summed E-state index contributed by atoms with van der Waals surface area (Å²) >= 11 is 1.34. The molecule has 0 aromatic carbocycles. The Hall–Kier alpha value is -2.15. The van der Waals surface area contributed by atoms with Crippen molar-refractivity contribution in [3.63, 3.8) is 0 Å². The lowest BCUT2D eigenvalue weighted by Gasteiger charge is -2.02. The van der Waals surface area contributed by atoms with Crippen molar-refractivity contribution in [2.24, 2.45) is 7.05 Å². The molecular formula is C13H15N3O3S. The zero-order valence-corrected chi connectivity index (χ0v) is 11.8. The fourth-order valence-corrected chi connectivity index (χ4v) is 2.50. The lowest BCUT2D eigenvalue weighted by Crippen LogP contribution is -2.15. The number of carboxylic acid groups (broad SMARTS) is 1. The fraction of sp³-hybridized carbons (Fsp3) is 0.308. The number of hydrogen-bond acceptors (Lipinski definition) is 4. The van der Waals surface area contributed by atoms with Crippen molar-refractivity contribution >= 4 is 28.3 Å². The number of aryl methyl sites for hydroxylation is 2. The number of carbonyl (C=O) groups excluding carboxylic acids is 1. The molecule has 1 amide bonds. The van der Waals surface area contributed by atoms with Crippen LogP contribution in [0.5, 0.6) is 0 Å². The van der Waals surface area contributed by atoms with Crippen molar-refractivity contribution in [2.75, 3.05) is 5.32 Å². The van der Waals surface area contributed by atoms with Crippen LogP contribution >= 0.6 is 11.3 Å². The summed E-state index contributed by atoms with van der Waals surface area (Å²) in [6, 6.07) is 3.53. The van der Waals surface area contributed by atoms with E-state index in [0.29, 0.717) is 23.7 Å². The summed E-state index contributed by atoms with van der Waals surface area (Å²) < 4.78 is 1.73. The topological polar surface area (TPSA) is 84.2 Å². The van der Waals surface area contributed by atoms with Crippen LogP contribution in [0.3, 0.4) is 0 Å². The quantitative estimate of drug-likeness (QED) is 0.854. The summed E-state index contributed by atoms with van der Waals surface area (Å²) in [6.45, 7) is 0. The Morgan fingerprint density at radius 2 is 2.30 bits per heavy atom. The lowest BCUT2D eigenvalue weighted by atomic mass is 10.2. The summed E-state index contributed by atoms with van der Waals surface area (Å²) in [4.78, 5) is 26.7. The summed E-state index contributed by atoms with van der Waals surface area (Å²) in [6.07, 6.45) is 3.07. The molecule has 0 unspecified atom stereocenters. The molecule has 106 valence electrons. The Kier molecular flexibility index (Phi) is 4.52. The number of nitrogens with zero attached hydrogens (tertiary/aromatic N) is 2. The van der Waals surface area contributed by atoms with Crippen molar-refractivity contribution in [1.29, 1.82) is 0 Å². The molecule has 0 saturated heterocycles. The Morgan fingerprint density at radius 3 is 2.95 bits per heavy atom. The number of thiazole rings is 1. The molecule has 6 nitrogen and oxygen atoms in total. The van der Waals surface area contributed by atoms with E-state index in [4.69, 9.17) is 5.11 Å². The van der Waals surface area contributed by atoms with Crippen LogP contribution in [0.2, 0.25) is 0 Å². The number of nitrogens with one attached hydrogen (secondary N) is 1. The minimum Gasteiger partial charge on any atom is -0.481 e. The van der Waals surface area contributed by atoms with Gasteiger partial charge in [0.2, 0.25) is 0 Å². The van der Waals surface area contributed by atoms with Gasteiger partial charge in [-0.25, -0.2) is 4.98 Å². The normalized spacial score (nSPS) is 10.4. The fourth-order valence-electron chi connectivity index (χ4n) is 1.76. The highest BCUT2D eigenvalue weighted by Gasteiger charge is 2.11. The molecule has 0 aliphatic carbocycles. The standard InChI is InChI=1S/C13H15N3O3S/c1-16-7-3-5-10(16)12(19)15-13-14-9(8-20-13)4-2-6-11(17)18/h3,5,7-8H,2,4,6H2,1H3,(H,17,18)(H,14,15,19). The van der Waals surface area contributed by atoms with Crippen molar-refractivity contribution in [1.82, 2.24) is 9.55 Å². The third-order valence-corrected chi connectivity index (χ3v) is 3.58. The van der Waals surface area contributed by atoms with Crippen LogP contribution in [0, 0.1) is 0 Å². The largest absolute Gasteiger partial charge is 0.481 e. The van der Waals surface area contributed by atoms with Gasteiger partial charge in [0.15, 0.2) is 5.13 Å². The van der Waals surface area contributed by atoms with Crippen LogP contribution in [0.25, 0.3) is 0 Å². The lowest BCUT2D eigenvalue weighted by molar-refractivity contribution is -0.137. The van der Waals surface area contributed by atoms with Gasteiger partial charge in [-0.3, -0.25) is 14.9 Å². The second-order valence-corrected chi connectivity index (χ2v) is 5.21. The molecule has 0 saturated carbocycles. The maximum Gasteiger partial charge on any atom is 0.303 e. The van der Waals surface area contributed by atoms with E-state index in [9.17, 15) is 9.59 Å². The van der Waals surface area contributed by atoms with E-state index in [1.807, 2.05) is 5.38 Å². The van der Waals surface area contributed by atoms with Gasteiger partial charge in [-0.15, -0.1) is 11.3 Å². The molecule has 0 aliphatic rings. The average molecular weight is 293 g/mol. The summed E-state index contributed by atoms with van der Waals surface area (Å²) in [5, 5.41) is 13.7. The first kappa shape index (κ1) is 14.3. The average Bonchev–Trinajstić information content (AvgIpc) is 2.98. The third-order valence-electron chi connectivity index (χ3n) is 2.77. The van der Waals surface area contributed by atoms with Crippen LogP contribution in [-0.2, 0) is 18.3 Å². The Labute approximate surface area is 120 Å². The Morgan fingerprint density at radius 1 is 1.50 bits per heavy atom. The van der Waals surface area contributed by atoms with E-state index in [1.165, 1.54) is 11.3 Å². The van der Waals surface area contributed by atoms with E-state index in [0.717, 1.165) is 5.69 Å². The third kappa shape index (κ3) is 3.67. The Balaban J connectivity index is 1.91. The minimum atomic E-state index is -0.808. The molecule has 0 radical (unpaired) electrons. The number of rotatable bonds is 6. The molecule has 2 heterocycles. The van der Waals surface area contributed by atoms with Gasteiger partial charge in [0, 0.05) is 25.0 Å². The second-order valence-electron chi connectivity index (χ2n) is 4.35. The number of amides is 1. The number of hydrogen-bond donors (Lipinski definition) is 2. The highest BCUT2D eigenvalue weighted by Crippen LogP contribution is 2.18. The highest BCUT2D eigenvalue weighted by molar-refractivity contribution is 7.13. The maximum atomic E-state index is 12.0. The molecule has 2 aromatic heterocycles. The van der Waals surface area contributed by atoms with Crippen LogP contribution < -0.4 is 5.32 Å². The van der Waals surface area contributed by atoms with Gasteiger partial charge in [-0.1, -0.05) is 0 Å². The van der Waals surface area contributed by atoms with E-state index in [2.05, 4.69) is 10.3 Å². The number of carbonyl (C=O) groups is 2. The first-order valence-electron chi connectivity index (χ1n) is 6.15. The molecular weight excluding hydrogens is 278 g/mol. The van der Waals surface area contributed by atoms with Gasteiger partial charge in [-0.05, 0) is 25.0 Å². The van der Waals surface area contributed by atoms with Crippen molar-refractivity contribution in [3.05, 3.63) is 35.1 Å². The van der Waals surface area contributed by atoms with Crippen molar-refractivity contribution < 1.29 is 14.7 Å². The number of aliphatic carboxylic acids is 1. The molecule has 0 aliphatic heterocycles. The smallest absolute Gasteiger partial charge is 0.303 e. The molecule has 2 N–H and O–H groups in total. The Bertz CT molecular complexity index is 618. The molecule has 0 bridgehead atoms. The van der Waals surface area contributed by atoms with Gasteiger partial charge >= 0.3 is 5.97 Å². The van der Waals surface area contributed by atoms with Crippen molar-refractivity contribution in [2.45, 2.75) is 19.3 Å². The molecule has 0 fully saturated rings. The van der Waals surface area contributed by atoms with Crippen LogP contribution in [-0.4, -0.2) is 26.5 Å². The summed E-state index contributed by atoms with van der Waals surface area (Å²) in [5.41, 5.74) is 1.37. The predicted molar refractivity (Wildman–Crippen MR) is 76.1 cm³/mol. The first-order valence-corrected chi connectivity index (χ1v) is 7.03. The van der Waals surface area contributed by atoms with Crippen LogP contribution in [0.1, 0.15) is 29.0 Å². The van der Waals surface area contributed by atoms with Gasteiger partial charge in [-0.2, -0.15) is 0 Å². The SMILES string of the molecule is Cn1cccc1C(=O)Nc1nc(CCCC(=O)O)cs1. The molecule has 2 rings (SSSR count). The predicted octanol–water partition coefficient (Wildman–Crippen LogP) is 2.14. The molecule has 0 spiro atoms. The van der Waals surface area contributed by atoms with Crippen LogP contribution in [0.15, 0.2) is 23.7 Å². The van der Waals surface area contributed by atoms with E-state index < -0.39 is 5.97 Å².